The Morgan fingerprint density at radius 1 is 1.26 bits per heavy atom. The summed E-state index contributed by atoms with van der Waals surface area (Å²) in [4.78, 5) is 20.0. The van der Waals surface area contributed by atoms with Gasteiger partial charge in [-0.25, -0.2) is 4.98 Å². The molecule has 1 amide bonds. The Kier molecular flexibility index (Phi) is 5.20. The molecule has 0 bridgehead atoms. The van der Waals surface area contributed by atoms with Gasteiger partial charge in [-0.15, -0.1) is 0 Å². The summed E-state index contributed by atoms with van der Waals surface area (Å²) in [6.07, 6.45) is -0.0892. The lowest BCUT2D eigenvalue weighted by Crippen LogP contribution is -2.39. The minimum Gasteiger partial charge on any atom is -0.383 e. The number of carbonyl (C=O) groups excluding carboxylic acids is 1. The lowest BCUT2D eigenvalue weighted by Gasteiger charge is -2.35. The topological polar surface area (TPSA) is 77.7 Å². The zero-order chi connectivity index (χ0) is 21.7. The van der Waals surface area contributed by atoms with Crippen LogP contribution in [0.15, 0.2) is 40.9 Å². The minimum atomic E-state index is -0.122. The highest BCUT2D eigenvalue weighted by Gasteiger charge is 2.31. The Bertz CT molecular complexity index is 1200. The number of pyridine rings is 1. The van der Waals surface area contributed by atoms with Gasteiger partial charge in [0, 0.05) is 27.5 Å². The first-order chi connectivity index (χ1) is 15.0. The van der Waals surface area contributed by atoms with Crippen molar-refractivity contribution in [3.8, 4) is 0 Å². The van der Waals surface area contributed by atoms with E-state index in [1.165, 1.54) is 0 Å². The number of aromatic nitrogens is 1. The molecule has 2 aromatic carbocycles. The van der Waals surface area contributed by atoms with Crippen molar-refractivity contribution in [1.29, 1.82) is 0 Å². The molecule has 7 heteroatoms. The third-order valence-corrected chi connectivity index (χ3v) is 6.76. The van der Waals surface area contributed by atoms with Crippen molar-refractivity contribution in [2.75, 3.05) is 18.9 Å². The van der Waals surface area contributed by atoms with Gasteiger partial charge in [0.2, 0.25) is 0 Å². The number of nitrogens with two attached hydrogens (primary N) is 1. The predicted octanol–water partition coefficient (Wildman–Crippen LogP) is 4.90. The molecule has 2 atom stereocenters. The fourth-order valence-electron chi connectivity index (χ4n) is 4.72. The number of fused-ring (bicyclic) bond motifs is 4. The summed E-state index contributed by atoms with van der Waals surface area (Å²) < 4.78 is 12.6. The molecule has 160 valence electrons. The molecule has 2 N–H and O–H groups in total. The normalized spacial score (nSPS) is 19.8. The predicted molar refractivity (Wildman–Crippen MR) is 123 cm³/mol. The number of anilines is 1. The SMILES string of the molecule is CCN(C(=O)c1ccc2nc(N)c3c(c2c1)CO[C@@H]3C)[C@@H]1COCc2cc(Br)ccc21. The molecular formula is C24H24BrN3O3. The molecule has 3 aromatic rings. The van der Waals surface area contributed by atoms with E-state index < -0.39 is 0 Å². The van der Waals surface area contributed by atoms with Crippen LogP contribution in [0.3, 0.4) is 0 Å². The molecule has 2 aliphatic rings. The average Bonchev–Trinajstić information content (AvgIpc) is 3.16. The van der Waals surface area contributed by atoms with Crippen LogP contribution < -0.4 is 5.73 Å². The third-order valence-electron chi connectivity index (χ3n) is 6.27. The number of halogens is 1. The average molecular weight is 482 g/mol. The molecule has 5 rings (SSSR count). The van der Waals surface area contributed by atoms with Gasteiger partial charge in [0.1, 0.15) is 5.82 Å². The molecule has 31 heavy (non-hydrogen) atoms. The van der Waals surface area contributed by atoms with E-state index in [1.807, 2.05) is 43.0 Å². The van der Waals surface area contributed by atoms with Gasteiger partial charge in [0.25, 0.3) is 5.91 Å². The van der Waals surface area contributed by atoms with E-state index in [1.54, 1.807) is 0 Å². The summed E-state index contributed by atoms with van der Waals surface area (Å²) in [6, 6.07) is 11.7. The zero-order valence-corrected chi connectivity index (χ0v) is 19.1. The second-order valence-corrected chi connectivity index (χ2v) is 8.96. The van der Waals surface area contributed by atoms with Crippen LogP contribution in [-0.2, 0) is 22.7 Å². The Hall–Kier alpha value is -2.48. The fourth-order valence-corrected chi connectivity index (χ4v) is 5.13. The van der Waals surface area contributed by atoms with Crippen LogP contribution in [0.5, 0.6) is 0 Å². The highest BCUT2D eigenvalue weighted by atomic mass is 79.9. The maximum atomic E-state index is 13.6. The standard InChI is InChI=1S/C24H24BrN3O3/c1-3-28(21-12-30-10-15-8-16(25)5-6-17(15)21)24(29)14-4-7-20-18(9-14)19-11-31-13(2)22(19)23(26)27-20/h4-9,13,21H,3,10-12H2,1-2H3,(H2,26,27)/t13-,21-/m1/s1. The van der Waals surface area contributed by atoms with Crippen molar-refractivity contribution < 1.29 is 14.3 Å². The van der Waals surface area contributed by atoms with Gasteiger partial charge in [0.15, 0.2) is 0 Å². The maximum absolute atomic E-state index is 13.6. The molecule has 0 unspecified atom stereocenters. The second kappa shape index (κ2) is 7.89. The van der Waals surface area contributed by atoms with Gasteiger partial charge in [-0.05, 0) is 60.9 Å². The number of hydrogen-bond acceptors (Lipinski definition) is 5. The monoisotopic (exact) mass is 481 g/mol. The number of ether oxygens (including phenoxy) is 2. The Balaban J connectivity index is 1.55. The summed E-state index contributed by atoms with van der Waals surface area (Å²) in [5.41, 5.74) is 11.8. The van der Waals surface area contributed by atoms with Gasteiger partial charge >= 0.3 is 0 Å². The van der Waals surface area contributed by atoms with Crippen molar-refractivity contribution in [3.05, 3.63) is 68.7 Å². The van der Waals surface area contributed by atoms with Crippen molar-refractivity contribution in [2.24, 2.45) is 0 Å². The fraction of sp³-hybridized carbons (Fsp3) is 0.333. The highest BCUT2D eigenvalue weighted by Crippen LogP contribution is 2.38. The van der Waals surface area contributed by atoms with Gasteiger partial charge in [-0.1, -0.05) is 22.0 Å². The molecule has 0 saturated carbocycles. The number of carbonyl (C=O) groups is 1. The van der Waals surface area contributed by atoms with E-state index in [9.17, 15) is 4.79 Å². The first-order valence-corrected chi connectivity index (χ1v) is 11.3. The number of rotatable bonds is 3. The molecule has 3 heterocycles. The Morgan fingerprint density at radius 2 is 2.10 bits per heavy atom. The largest absolute Gasteiger partial charge is 0.383 e. The first-order valence-electron chi connectivity index (χ1n) is 10.5. The van der Waals surface area contributed by atoms with E-state index in [0.29, 0.717) is 37.7 Å². The molecule has 0 aliphatic carbocycles. The number of amides is 1. The number of nitrogen functional groups attached to an aromatic ring is 1. The smallest absolute Gasteiger partial charge is 0.254 e. The molecule has 0 fully saturated rings. The van der Waals surface area contributed by atoms with E-state index in [2.05, 4.69) is 33.0 Å². The first kappa shape index (κ1) is 20.4. The molecule has 1 aromatic heterocycles. The molecule has 0 radical (unpaired) electrons. The van der Waals surface area contributed by atoms with Crippen LogP contribution in [0.1, 0.15) is 58.6 Å². The number of nitrogens with zero attached hydrogens (tertiary/aromatic N) is 2. The van der Waals surface area contributed by atoms with Crippen molar-refractivity contribution in [3.63, 3.8) is 0 Å². The van der Waals surface area contributed by atoms with Crippen LogP contribution >= 0.6 is 15.9 Å². The zero-order valence-electron chi connectivity index (χ0n) is 17.5. The summed E-state index contributed by atoms with van der Waals surface area (Å²) >= 11 is 3.53. The molecular weight excluding hydrogens is 458 g/mol. The molecule has 0 spiro atoms. The number of hydrogen-bond donors (Lipinski definition) is 1. The van der Waals surface area contributed by atoms with Gasteiger partial charge < -0.3 is 20.1 Å². The molecule has 2 aliphatic heterocycles. The summed E-state index contributed by atoms with van der Waals surface area (Å²) in [6.45, 7) is 6.08. The van der Waals surface area contributed by atoms with E-state index in [-0.39, 0.29) is 18.1 Å². The van der Waals surface area contributed by atoms with Crippen LogP contribution in [0, 0.1) is 0 Å². The summed E-state index contributed by atoms with van der Waals surface area (Å²) in [5, 5.41) is 0.930. The summed E-state index contributed by atoms with van der Waals surface area (Å²) in [7, 11) is 0. The second-order valence-electron chi connectivity index (χ2n) is 8.04. The number of likely N-dealkylation sites (N-methyl/N-ethyl adjacent to an activating group) is 1. The highest BCUT2D eigenvalue weighted by molar-refractivity contribution is 9.10. The van der Waals surface area contributed by atoms with E-state index in [4.69, 9.17) is 15.2 Å². The van der Waals surface area contributed by atoms with Gasteiger partial charge in [-0.2, -0.15) is 0 Å². The Labute approximate surface area is 189 Å². The lowest BCUT2D eigenvalue weighted by molar-refractivity contribution is 0.0285. The van der Waals surface area contributed by atoms with E-state index in [0.717, 1.165) is 37.6 Å². The minimum absolute atomic E-state index is 0.0219. The molecule has 0 saturated heterocycles. The van der Waals surface area contributed by atoms with Crippen LogP contribution in [0.2, 0.25) is 0 Å². The molecule has 6 nitrogen and oxygen atoms in total. The van der Waals surface area contributed by atoms with Crippen LogP contribution in [0.25, 0.3) is 10.9 Å². The van der Waals surface area contributed by atoms with Crippen LogP contribution in [0.4, 0.5) is 5.82 Å². The van der Waals surface area contributed by atoms with Gasteiger partial charge in [0.05, 0.1) is 37.5 Å². The van der Waals surface area contributed by atoms with Crippen molar-refractivity contribution in [1.82, 2.24) is 9.88 Å². The quantitative estimate of drug-likeness (QED) is 0.575. The lowest BCUT2D eigenvalue weighted by atomic mass is 9.96. The number of benzene rings is 2. The van der Waals surface area contributed by atoms with Crippen LogP contribution in [-0.4, -0.2) is 28.9 Å². The Morgan fingerprint density at radius 3 is 2.90 bits per heavy atom. The van der Waals surface area contributed by atoms with Gasteiger partial charge in [-0.3, -0.25) is 4.79 Å². The van der Waals surface area contributed by atoms with Crippen molar-refractivity contribution in [2.45, 2.75) is 39.2 Å². The van der Waals surface area contributed by atoms with Crippen molar-refractivity contribution >= 4 is 38.6 Å². The summed E-state index contributed by atoms with van der Waals surface area (Å²) in [5.74, 6) is 0.482. The maximum Gasteiger partial charge on any atom is 0.254 e. The third kappa shape index (κ3) is 3.41. The van der Waals surface area contributed by atoms with E-state index >= 15 is 0 Å².